The molecule has 0 aliphatic rings. The molecule has 0 radical (unpaired) electrons. The zero-order chi connectivity index (χ0) is 19.2. The molecule has 0 fully saturated rings. The molecule has 1 aromatic carbocycles. The largest absolute Gasteiger partial charge is 0.435 e. The van der Waals surface area contributed by atoms with Gasteiger partial charge in [-0.3, -0.25) is 0 Å². The number of hydrogen-bond donors (Lipinski definition) is 0. The summed E-state index contributed by atoms with van der Waals surface area (Å²) >= 11 is 1.96. The number of nitrogens with zero attached hydrogens (tertiary/aromatic N) is 2. The molecule has 0 spiro atoms. The molecule has 1 heterocycles. The minimum Gasteiger partial charge on any atom is -0.239 e. The molecule has 0 N–H and O–H groups in total. The second kappa shape index (κ2) is 6.44. The Morgan fingerprint density at radius 2 is 1.60 bits per heavy atom. The van der Waals surface area contributed by atoms with Crippen molar-refractivity contribution in [3.63, 3.8) is 0 Å². The van der Waals surface area contributed by atoms with Gasteiger partial charge >= 0.3 is 18.0 Å². The molecule has 0 bridgehead atoms. The van der Waals surface area contributed by atoms with Crippen LogP contribution in [0.25, 0.3) is 5.69 Å². The van der Waals surface area contributed by atoms with Crippen LogP contribution in [0.5, 0.6) is 0 Å². The Hall–Kier alpha value is -1.33. The minimum absolute atomic E-state index is 0.0596. The van der Waals surface area contributed by atoms with E-state index in [1.54, 1.807) is 13.1 Å². The molecule has 25 heavy (non-hydrogen) atoms. The van der Waals surface area contributed by atoms with Gasteiger partial charge in [0, 0.05) is 11.8 Å². The summed E-state index contributed by atoms with van der Waals surface area (Å²) in [7, 11) is 0. The fraction of sp³-hybridized carbons (Fsp3) is 0.400. The third-order valence-electron chi connectivity index (χ3n) is 3.72. The number of benzene rings is 1. The van der Waals surface area contributed by atoms with Crippen molar-refractivity contribution in [3.8, 4) is 5.69 Å². The van der Waals surface area contributed by atoms with Crippen molar-refractivity contribution in [2.75, 3.05) is 0 Å². The lowest BCUT2D eigenvalue weighted by Gasteiger charge is -2.31. The fourth-order valence-corrected chi connectivity index (χ4v) is 2.95. The smallest absolute Gasteiger partial charge is 0.239 e. The Balaban J connectivity index is 2.75. The van der Waals surface area contributed by atoms with Crippen LogP contribution in [0.4, 0.5) is 30.7 Å². The zero-order valence-electron chi connectivity index (χ0n) is 12.9. The van der Waals surface area contributed by atoms with E-state index in [2.05, 4.69) is 5.10 Å². The maximum Gasteiger partial charge on any atom is 0.435 e. The summed E-state index contributed by atoms with van der Waals surface area (Å²) in [5, 5.41) is 4.02. The van der Waals surface area contributed by atoms with Gasteiger partial charge in [-0.2, -0.15) is 31.4 Å². The number of alkyl halides is 7. The second-order valence-electron chi connectivity index (χ2n) is 5.41. The first-order valence-corrected chi connectivity index (χ1v) is 8.07. The van der Waals surface area contributed by atoms with E-state index in [0.717, 1.165) is 3.57 Å². The van der Waals surface area contributed by atoms with Crippen molar-refractivity contribution in [3.05, 3.63) is 44.8 Å². The third kappa shape index (κ3) is 3.36. The maximum absolute atomic E-state index is 14.3. The van der Waals surface area contributed by atoms with Crippen molar-refractivity contribution in [2.24, 2.45) is 0 Å². The van der Waals surface area contributed by atoms with Crippen molar-refractivity contribution in [2.45, 2.75) is 38.3 Å². The quantitative estimate of drug-likeness (QED) is 0.411. The van der Waals surface area contributed by atoms with E-state index in [0.29, 0.717) is 17.8 Å². The van der Waals surface area contributed by atoms with E-state index in [9.17, 15) is 30.7 Å². The monoisotopic (exact) mass is 480 g/mol. The van der Waals surface area contributed by atoms with Gasteiger partial charge in [0.05, 0.1) is 15.5 Å². The number of aryl methyl sites for hydroxylation is 2. The summed E-state index contributed by atoms with van der Waals surface area (Å²) in [6.45, 7) is 2.87. The van der Waals surface area contributed by atoms with Crippen LogP contribution in [0, 0.1) is 10.5 Å². The van der Waals surface area contributed by atoms with Crippen LogP contribution >= 0.6 is 22.6 Å². The Morgan fingerprint density at radius 1 is 1.04 bits per heavy atom. The van der Waals surface area contributed by atoms with Crippen molar-refractivity contribution in [1.82, 2.24) is 9.78 Å². The molecule has 0 atom stereocenters. The van der Waals surface area contributed by atoms with E-state index in [-0.39, 0.29) is 17.5 Å². The molecule has 1 aromatic heterocycles. The Morgan fingerprint density at radius 3 is 2.00 bits per heavy atom. The summed E-state index contributed by atoms with van der Waals surface area (Å²) < 4.78 is 94.2. The number of rotatable bonds is 3. The number of aromatic nitrogens is 2. The average molecular weight is 480 g/mol. The Bertz CT molecular complexity index is 763. The topological polar surface area (TPSA) is 17.8 Å². The van der Waals surface area contributed by atoms with Crippen LogP contribution in [-0.2, 0) is 12.1 Å². The molecule has 0 aliphatic carbocycles. The SMILES string of the molecule is CCc1cc(C(F)(C(F)(F)F)C(F)(F)F)cc(C)c1-n1cc(I)cn1. The molecule has 0 amide bonds. The summed E-state index contributed by atoms with van der Waals surface area (Å²) in [5.41, 5.74) is -6.39. The summed E-state index contributed by atoms with van der Waals surface area (Å²) in [4.78, 5) is 0. The summed E-state index contributed by atoms with van der Waals surface area (Å²) in [6, 6.07) is 1.18. The Kier molecular flexibility index (Phi) is 5.15. The predicted molar refractivity (Wildman–Crippen MR) is 85.3 cm³/mol. The standard InChI is InChI=1S/C15H12F7IN2/c1-3-9-5-10(13(16,14(17,18)19)15(20,21)22)4-8(2)12(9)25-7-11(23)6-24-25/h4-7H,3H2,1-2H3. The van der Waals surface area contributed by atoms with Gasteiger partial charge in [-0.1, -0.05) is 13.0 Å². The second-order valence-corrected chi connectivity index (χ2v) is 6.66. The molecule has 0 aliphatic heterocycles. The van der Waals surface area contributed by atoms with Crippen LogP contribution in [0.15, 0.2) is 24.5 Å². The highest BCUT2D eigenvalue weighted by molar-refractivity contribution is 14.1. The zero-order valence-corrected chi connectivity index (χ0v) is 15.1. The van der Waals surface area contributed by atoms with E-state index in [4.69, 9.17) is 0 Å². The van der Waals surface area contributed by atoms with Crippen LogP contribution < -0.4 is 0 Å². The summed E-state index contributed by atoms with van der Waals surface area (Å²) in [6.07, 6.45) is -9.11. The van der Waals surface area contributed by atoms with Gasteiger partial charge in [-0.25, -0.2) is 9.07 Å². The summed E-state index contributed by atoms with van der Waals surface area (Å²) in [5.74, 6) is 0. The Labute approximate surface area is 152 Å². The molecule has 2 aromatic rings. The molecular formula is C15H12F7IN2. The lowest BCUT2D eigenvalue weighted by atomic mass is 9.89. The highest BCUT2D eigenvalue weighted by Gasteiger charge is 2.73. The van der Waals surface area contributed by atoms with E-state index in [1.807, 2.05) is 22.6 Å². The lowest BCUT2D eigenvalue weighted by molar-refractivity contribution is -0.348. The average Bonchev–Trinajstić information content (AvgIpc) is 2.89. The minimum atomic E-state index is -6.13. The van der Waals surface area contributed by atoms with E-state index >= 15 is 0 Å². The lowest BCUT2D eigenvalue weighted by Crippen LogP contribution is -2.50. The number of halogens is 8. The molecular weight excluding hydrogens is 468 g/mol. The normalized spacial score (nSPS) is 13.4. The molecule has 0 saturated carbocycles. The van der Waals surface area contributed by atoms with Crippen LogP contribution in [0.3, 0.4) is 0 Å². The van der Waals surface area contributed by atoms with Gasteiger partial charge in [0.15, 0.2) is 0 Å². The van der Waals surface area contributed by atoms with E-state index < -0.39 is 23.6 Å². The predicted octanol–water partition coefficient (Wildman–Crippen LogP) is 5.64. The first-order valence-electron chi connectivity index (χ1n) is 6.99. The van der Waals surface area contributed by atoms with Crippen LogP contribution in [0.2, 0.25) is 0 Å². The van der Waals surface area contributed by atoms with Crippen molar-refractivity contribution in [1.29, 1.82) is 0 Å². The first-order chi connectivity index (χ1) is 11.3. The maximum atomic E-state index is 14.3. The third-order valence-corrected chi connectivity index (χ3v) is 4.28. The van der Waals surface area contributed by atoms with Gasteiger partial charge in [0.1, 0.15) is 0 Å². The highest BCUT2D eigenvalue weighted by atomic mass is 127. The molecule has 0 saturated heterocycles. The van der Waals surface area contributed by atoms with Gasteiger partial charge in [-0.15, -0.1) is 0 Å². The van der Waals surface area contributed by atoms with Gasteiger partial charge < -0.3 is 0 Å². The molecule has 2 nitrogen and oxygen atoms in total. The van der Waals surface area contributed by atoms with Gasteiger partial charge in [0.25, 0.3) is 0 Å². The molecule has 138 valence electrons. The molecule has 10 heteroatoms. The molecule has 0 unspecified atom stereocenters. The molecule has 2 rings (SSSR count). The van der Waals surface area contributed by atoms with Crippen LogP contribution in [-0.4, -0.2) is 22.1 Å². The van der Waals surface area contributed by atoms with Crippen molar-refractivity contribution < 1.29 is 30.7 Å². The highest BCUT2D eigenvalue weighted by Crippen LogP contribution is 2.53. The van der Waals surface area contributed by atoms with Gasteiger partial charge in [-0.05, 0) is 53.1 Å². The van der Waals surface area contributed by atoms with E-state index in [1.165, 1.54) is 17.8 Å². The fourth-order valence-electron chi connectivity index (χ4n) is 2.56. The first kappa shape index (κ1) is 20.0. The number of hydrogen-bond acceptors (Lipinski definition) is 1. The van der Waals surface area contributed by atoms with Crippen LogP contribution in [0.1, 0.15) is 23.6 Å². The van der Waals surface area contributed by atoms with Gasteiger partial charge in [0.2, 0.25) is 0 Å². The van der Waals surface area contributed by atoms with Crippen molar-refractivity contribution >= 4 is 22.6 Å².